The maximum atomic E-state index is 12.5. The van der Waals surface area contributed by atoms with Gasteiger partial charge in [-0.15, -0.1) is 11.8 Å². The highest BCUT2D eigenvalue weighted by Gasteiger charge is 2.19. The summed E-state index contributed by atoms with van der Waals surface area (Å²) in [6.07, 6.45) is 0. The molecule has 2 aromatic carbocycles. The van der Waals surface area contributed by atoms with Gasteiger partial charge in [0.1, 0.15) is 0 Å². The lowest BCUT2D eigenvalue weighted by Crippen LogP contribution is -2.26. The topological polar surface area (TPSA) is 64.6 Å². The zero-order valence-corrected chi connectivity index (χ0v) is 16.6. The molecule has 0 heterocycles. The molecule has 136 valence electrons. The van der Waals surface area contributed by atoms with Crippen LogP contribution in [0.25, 0.3) is 0 Å². The van der Waals surface area contributed by atoms with Crippen LogP contribution in [-0.2, 0) is 10.0 Å². The van der Waals surface area contributed by atoms with Gasteiger partial charge in [0.25, 0.3) is 0 Å². The van der Waals surface area contributed by atoms with Gasteiger partial charge in [-0.2, -0.15) is 0 Å². The first kappa shape index (κ1) is 19.9. The number of hydrogen-bond acceptors (Lipinski definition) is 5. The lowest BCUT2D eigenvalue weighted by Gasteiger charge is -2.13. The van der Waals surface area contributed by atoms with E-state index in [9.17, 15) is 8.42 Å². The SMILES string of the molecule is COc1cc(C)c(S(=O)(=O)NCCSc2ccc(Cl)cc2)cc1OC. The summed E-state index contributed by atoms with van der Waals surface area (Å²) in [5.41, 5.74) is 0.593. The van der Waals surface area contributed by atoms with Gasteiger partial charge in [0.2, 0.25) is 10.0 Å². The third kappa shape index (κ3) is 5.28. The summed E-state index contributed by atoms with van der Waals surface area (Å²) < 4.78 is 38.1. The first-order chi connectivity index (χ1) is 11.9. The molecule has 0 atom stereocenters. The van der Waals surface area contributed by atoms with Crippen LogP contribution in [0.2, 0.25) is 5.02 Å². The van der Waals surface area contributed by atoms with E-state index in [0.717, 1.165) is 4.90 Å². The number of thioether (sulfide) groups is 1. The van der Waals surface area contributed by atoms with E-state index in [-0.39, 0.29) is 4.90 Å². The van der Waals surface area contributed by atoms with Crippen LogP contribution in [-0.4, -0.2) is 34.9 Å². The van der Waals surface area contributed by atoms with Crippen LogP contribution in [0, 0.1) is 6.92 Å². The van der Waals surface area contributed by atoms with Crippen molar-refractivity contribution in [2.24, 2.45) is 0 Å². The number of sulfonamides is 1. The van der Waals surface area contributed by atoms with Gasteiger partial charge in [0.05, 0.1) is 19.1 Å². The van der Waals surface area contributed by atoms with Gasteiger partial charge in [-0.3, -0.25) is 0 Å². The zero-order valence-electron chi connectivity index (χ0n) is 14.2. The van der Waals surface area contributed by atoms with Crippen LogP contribution in [0.3, 0.4) is 0 Å². The molecule has 5 nitrogen and oxygen atoms in total. The Morgan fingerprint density at radius 1 is 1.08 bits per heavy atom. The highest BCUT2D eigenvalue weighted by Crippen LogP contribution is 2.32. The maximum absolute atomic E-state index is 12.5. The predicted octanol–water partition coefficient (Wildman–Crippen LogP) is 3.74. The van der Waals surface area contributed by atoms with E-state index in [0.29, 0.717) is 34.4 Å². The molecule has 0 saturated carbocycles. The van der Waals surface area contributed by atoms with Crippen molar-refractivity contribution in [2.45, 2.75) is 16.7 Å². The molecule has 0 radical (unpaired) electrons. The molecular weight excluding hydrogens is 382 g/mol. The lowest BCUT2D eigenvalue weighted by molar-refractivity contribution is 0.353. The fourth-order valence-electron chi connectivity index (χ4n) is 2.20. The molecule has 0 amide bonds. The summed E-state index contributed by atoms with van der Waals surface area (Å²) in [6.45, 7) is 2.03. The second-order valence-corrected chi connectivity index (χ2v) is 8.51. The van der Waals surface area contributed by atoms with Gasteiger partial charge >= 0.3 is 0 Å². The normalized spacial score (nSPS) is 11.4. The van der Waals surface area contributed by atoms with E-state index in [2.05, 4.69) is 4.72 Å². The maximum Gasteiger partial charge on any atom is 0.240 e. The number of ether oxygens (including phenoxy) is 2. The van der Waals surface area contributed by atoms with Crippen molar-refractivity contribution in [1.29, 1.82) is 0 Å². The lowest BCUT2D eigenvalue weighted by atomic mass is 10.2. The van der Waals surface area contributed by atoms with Crippen molar-refractivity contribution in [3.63, 3.8) is 0 Å². The Kier molecular flexibility index (Phi) is 7.01. The van der Waals surface area contributed by atoms with Gasteiger partial charge < -0.3 is 9.47 Å². The zero-order chi connectivity index (χ0) is 18.4. The van der Waals surface area contributed by atoms with Crippen molar-refractivity contribution in [1.82, 2.24) is 4.72 Å². The molecule has 1 N–H and O–H groups in total. The smallest absolute Gasteiger partial charge is 0.240 e. The van der Waals surface area contributed by atoms with Gasteiger partial charge in [-0.25, -0.2) is 13.1 Å². The van der Waals surface area contributed by atoms with E-state index in [1.165, 1.54) is 20.3 Å². The highest BCUT2D eigenvalue weighted by molar-refractivity contribution is 7.99. The van der Waals surface area contributed by atoms with Crippen LogP contribution >= 0.6 is 23.4 Å². The quantitative estimate of drug-likeness (QED) is 0.539. The van der Waals surface area contributed by atoms with Crippen molar-refractivity contribution in [3.05, 3.63) is 47.0 Å². The molecule has 25 heavy (non-hydrogen) atoms. The number of halogens is 1. The average molecular weight is 402 g/mol. The summed E-state index contributed by atoms with van der Waals surface area (Å²) >= 11 is 7.39. The summed E-state index contributed by atoms with van der Waals surface area (Å²) in [5.74, 6) is 1.48. The van der Waals surface area contributed by atoms with Crippen LogP contribution < -0.4 is 14.2 Å². The monoisotopic (exact) mass is 401 g/mol. The summed E-state index contributed by atoms with van der Waals surface area (Å²) in [7, 11) is -0.646. The van der Waals surface area contributed by atoms with Gasteiger partial charge in [-0.1, -0.05) is 11.6 Å². The minimum absolute atomic E-state index is 0.182. The molecule has 2 rings (SSSR count). The van der Waals surface area contributed by atoms with Crippen LogP contribution in [0.15, 0.2) is 46.2 Å². The Hall–Kier alpha value is -1.41. The van der Waals surface area contributed by atoms with E-state index >= 15 is 0 Å². The molecule has 0 unspecified atom stereocenters. The van der Waals surface area contributed by atoms with Crippen LogP contribution in [0.5, 0.6) is 11.5 Å². The molecule has 0 fully saturated rings. The molecule has 2 aromatic rings. The van der Waals surface area contributed by atoms with Crippen molar-refractivity contribution >= 4 is 33.4 Å². The van der Waals surface area contributed by atoms with Gasteiger partial charge in [-0.05, 0) is 42.8 Å². The molecule has 0 saturated heterocycles. The molecule has 0 aliphatic carbocycles. The van der Waals surface area contributed by atoms with E-state index < -0.39 is 10.0 Å². The van der Waals surface area contributed by atoms with E-state index in [1.54, 1.807) is 36.9 Å². The Morgan fingerprint density at radius 2 is 1.68 bits per heavy atom. The average Bonchev–Trinajstić information content (AvgIpc) is 2.59. The minimum Gasteiger partial charge on any atom is -0.493 e. The Labute approximate surface area is 157 Å². The number of nitrogens with one attached hydrogen (secondary N) is 1. The van der Waals surface area contributed by atoms with Gasteiger partial charge in [0, 0.05) is 28.3 Å². The molecular formula is C17H20ClNO4S2. The van der Waals surface area contributed by atoms with Crippen molar-refractivity contribution < 1.29 is 17.9 Å². The number of aryl methyl sites for hydroxylation is 1. The largest absolute Gasteiger partial charge is 0.493 e. The fourth-order valence-corrected chi connectivity index (χ4v) is 4.50. The molecule has 0 spiro atoms. The number of hydrogen-bond donors (Lipinski definition) is 1. The summed E-state index contributed by atoms with van der Waals surface area (Å²) in [4.78, 5) is 1.22. The Bertz CT molecular complexity index is 823. The van der Waals surface area contributed by atoms with Gasteiger partial charge in [0.15, 0.2) is 11.5 Å². The first-order valence-electron chi connectivity index (χ1n) is 7.48. The van der Waals surface area contributed by atoms with Crippen molar-refractivity contribution in [3.8, 4) is 11.5 Å². The van der Waals surface area contributed by atoms with E-state index in [1.807, 2.05) is 12.1 Å². The molecule has 0 aliphatic heterocycles. The van der Waals surface area contributed by atoms with Crippen molar-refractivity contribution in [2.75, 3.05) is 26.5 Å². The molecule has 0 aliphatic rings. The number of methoxy groups -OCH3 is 2. The summed E-state index contributed by atoms with van der Waals surface area (Å²) in [5, 5.41) is 0.675. The van der Waals surface area contributed by atoms with Crippen LogP contribution in [0.4, 0.5) is 0 Å². The number of benzene rings is 2. The molecule has 8 heteroatoms. The fraction of sp³-hybridized carbons (Fsp3) is 0.294. The second kappa shape index (κ2) is 8.80. The third-order valence-corrected chi connectivity index (χ3v) is 6.32. The van der Waals surface area contributed by atoms with Crippen LogP contribution in [0.1, 0.15) is 5.56 Å². The summed E-state index contributed by atoms with van der Waals surface area (Å²) in [6, 6.07) is 10.5. The molecule has 0 aromatic heterocycles. The number of rotatable bonds is 8. The first-order valence-corrected chi connectivity index (χ1v) is 10.3. The Morgan fingerprint density at radius 3 is 2.28 bits per heavy atom. The minimum atomic E-state index is -3.63. The predicted molar refractivity (Wildman–Crippen MR) is 102 cm³/mol. The Balaban J connectivity index is 2.02. The van der Waals surface area contributed by atoms with E-state index in [4.69, 9.17) is 21.1 Å². The second-order valence-electron chi connectivity index (χ2n) is 5.17. The highest BCUT2D eigenvalue weighted by atomic mass is 35.5. The third-order valence-electron chi connectivity index (χ3n) is 3.45. The molecule has 0 bridgehead atoms. The standard InChI is InChI=1S/C17H20ClNO4S2/c1-12-10-15(22-2)16(23-3)11-17(12)25(20,21)19-8-9-24-14-6-4-13(18)5-7-14/h4-7,10-11,19H,8-9H2,1-3H3.